The summed E-state index contributed by atoms with van der Waals surface area (Å²) < 4.78 is 11.1. The lowest BCUT2D eigenvalue weighted by Gasteiger charge is -2.14. The van der Waals surface area contributed by atoms with Crippen LogP contribution in [-0.2, 0) is 0 Å². The second-order valence-corrected chi connectivity index (χ2v) is 4.13. The second-order valence-electron chi connectivity index (χ2n) is 4.13. The highest BCUT2D eigenvalue weighted by Gasteiger charge is 2.16. The molecule has 0 fully saturated rings. The largest absolute Gasteiger partial charge is 0.490 e. The minimum absolute atomic E-state index is 0.173. The Labute approximate surface area is 117 Å². The summed E-state index contributed by atoms with van der Waals surface area (Å²) in [4.78, 5) is 4.04. The van der Waals surface area contributed by atoms with E-state index in [4.69, 9.17) is 20.9 Å². The van der Waals surface area contributed by atoms with Crippen LogP contribution in [0.15, 0.2) is 18.2 Å². The SMILES string of the molecule is CCOc1ccc([C@H](N)c2nc(N)n[nH]2)cc1OCC. The van der Waals surface area contributed by atoms with Crippen LogP contribution in [0.1, 0.15) is 31.3 Å². The van der Waals surface area contributed by atoms with Crippen LogP contribution in [0.3, 0.4) is 0 Å². The highest BCUT2D eigenvalue weighted by atomic mass is 16.5. The van der Waals surface area contributed by atoms with E-state index in [0.717, 1.165) is 5.56 Å². The van der Waals surface area contributed by atoms with Crippen molar-refractivity contribution in [1.29, 1.82) is 0 Å². The quantitative estimate of drug-likeness (QED) is 0.732. The zero-order chi connectivity index (χ0) is 14.5. The number of benzene rings is 1. The summed E-state index contributed by atoms with van der Waals surface area (Å²) in [7, 11) is 0. The summed E-state index contributed by atoms with van der Waals surface area (Å²) in [6, 6.07) is 5.10. The number of nitrogens with one attached hydrogen (secondary N) is 1. The molecule has 108 valence electrons. The van der Waals surface area contributed by atoms with Gasteiger partial charge in [-0.2, -0.15) is 4.98 Å². The third-order valence-electron chi connectivity index (χ3n) is 2.74. The molecule has 0 radical (unpaired) electrons. The molecule has 1 aromatic carbocycles. The molecule has 7 heteroatoms. The minimum atomic E-state index is -0.449. The van der Waals surface area contributed by atoms with E-state index in [1.165, 1.54) is 0 Å². The van der Waals surface area contributed by atoms with Gasteiger partial charge < -0.3 is 20.9 Å². The maximum atomic E-state index is 6.13. The van der Waals surface area contributed by atoms with E-state index >= 15 is 0 Å². The molecule has 0 aliphatic heterocycles. The Hall–Kier alpha value is -2.28. The number of aromatic amines is 1. The molecule has 0 aliphatic carbocycles. The fourth-order valence-electron chi connectivity index (χ4n) is 1.85. The lowest BCUT2D eigenvalue weighted by atomic mass is 10.1. The van der Waals surface area contributed by atoms with Gasteiger partial charge in [0.05, 0.1) is 19.3 Å². The van der Waals surface area contributed by atoms with Crippen LogP contribution in [0, 0.1) is 0 Å². The van der Waals surface area contributed by atoms with Crippen molar-refractivity contribution in [3.05, 3.63) is 29.6 Å². The van der Waals surface area contributed by atoms with E-state index in [1.807, 2.05) is 32.0 Å². The Morgan fingerprint density at radius 3 is 2.50 bits per heavy atom. The molecule has 0 saturated heterocycles. The molecule has 0 aliphatic rings. The number of rotatable bonds is 6. The Bertz CT molecular complexity index is 570. The van der Waals surface area contributed by atoms with E-state index < -0.39 is 6.04 Å². The first-order valence-corrected chi connectivity index (χ1v) is 6.48. The molecule has 2 rings (SSSR count). The van der Waals surface area contributed by atoms with Crippen LogP contribution < -0.4 is 20.9 Å². The number of aromatic nitrogens is 3. The Balaban J connectivity index is 2.29. The highest BCUT2D eigenvalue weighted by Crippen LogP contribution is 2.31. The predicted octanol–water partition coefficient (Wildman–Crippen LogP) is 1.23. The molecule has 5 N–H and O–H groups in total. The van der Waals surface area contributed by atoms with Crippen molar-refractivity contribution >= 4 is 5.95 Å². The zero-order valence-electron chi connectivity index (χ0n) is 11.6. The number of nitrogens with zero attached hydrogens (tertiary/aromatic N) is 2. The van der Waals surface area contributed by atoms with Gasteiger partial charge in [-0.1, -0.05) is 6.07 Å². The molecular weight excluding hydrogens is 258 g/mol. The van der Waals surface area contributed by atoms with Gasteiger partial charge in [-0.05, 0) is 31.5 Å². The van der Waals surface area contributed by atoms with Gasteiger partial charge in [0.2, 0.25) is 5.95 Å². The monoisotopic (exact) mass is 277 g/mol. The lowest BCUT2D eigenvalue weighted by molar-refractivity contribution is 0.287. The van der Waals surface area contributed by atoms with Gasteiger partial charge in [0, 0.05) is 0 Å². The Kier molecular flexibility index (Phi) is 4.41. The van der Waals surface area contributed by atoms with Crippen molar-refractivity contribution in [1.82, 2.24) is 15.2 Å². The summed E-state index contributed by atoms with van der Waals surface area (Å²) in [5.41, 5.74) is 12.5. The predicted molar refractivity (Wildman–Crippen MR) is 75.6 cm³/mol. The third kappa shape index (κ3) is 3.00. The van der Waals surface area contributed by atoms with Gasteiger partial charge in [0.15, 0.2) is 11.5 Å². The average Bonchev–Trinajstić information content (AvgIpc) is 2.87. The van der Waals surface area contributed by atoms with Gasteiger partial charge in [0.25, 0.3) is 0 Å². The average molecular weight is 277 g/mol. The van der Waals surface area contributed by atoms with Crippen molar-refractivity contribution in [2.24, 2.45) is 5.73 Å². The van der Waals surface area contributed by atoms with E-state index in [9.17, 15) is 0 Å². The standard InChI is InChI=1S/C13H19N5O2/c1-3-19-9-6-5-8(7-10(9)20-4-2)11(14)12-16-13(15)18-17-12/h5-7,11H,3-4,14H2,1-2H3,(H3,15,16,17,18)/t11-/m0/s1. The van der Waals surface area contributed by atoms with E-state index in [0.29, 0.717) is 30.5 Å². The fraction of sp³-hybridized carbons (Fsp3) is 0.385. The van der Waals surface area contributed by atoms with Crippen molar-refractivity contribution < 1.29 is 9.47 Å². The number of nitrogens with two attached hydrogens (primary N) is 2. The van der Waals surface area contributed by atoms with Gasteiger partial charge in [-0.3, -0.25) is 5.10 Å². The summed E-state index contributed by atoms with van der Waals surface area (Å²) in [5.74, 6) is 2.04. The van der Waals surface area contributed by atoms with E-state index in [-0.39, 0.29) is 5.95 Å². The normalized spacial score (nSPS) is 12.2. The first-order valence-electron chi connectivity index (χ1n) is 6.48. The van der Waals surface area contributed by atoms with Crippen molar-refractivity contribution in [2.45, 2.75) is 19.9 Å². The van der Waals surface area contributed by atoms with Crippen LogP contribution in [-0.4, -0.2) is 28.4 Å². The lowest BCUT2D eigenvalue weighted by Crippen LogP contribution is -2.14. The van der Waals surface area contributed by atoms with Crippen LogP contribution in [0.2, 0.25) is 0 Å². The Morgan fingerprint density at radius 2 is 1.90 bits per heavy atom. The molecule has 1 aromatic heterocycles. The molecule has 0 bridgehead atoms. The molecule has 0 saturated carbocycles. The number of ether oxygens (including phenoxy) is 2. The van der Waals surface area contributed by atoms with Gasteiger partial charge >= 0.3 is 0 Å². The maximum absolute atomic E-state index is 6.13. The van der Waals surface area contributed by atoms with Crippen LogP contribution in [0.5, 0.6) is 11.5 Å². The van der Waals surface area contributed by atoms with Gasteiger partial charge in [-0.25, -0.2) is 0 Å². The van der Waals surface area contributed by atoms with Crippen LogP contribution >= 0.6 is 0 Å². The topological polar surface area (TPSA) is 112 Å². The molecule has 1 heterocycles. The zero-order valence-corrected chi connectivity index (χ0v) is 11.6. The molecule has 20 heavy (non-hydrogen) atoms. The maximum Gasteiger partial charge on any atom is 0.239 e. The smallest absolute Gasteiger partial charge is 0.239 e. The molecule has 1 atom stereocenters. The molecule has 7 nitrogen and oxygen atoms in total. The molecule has 0 unspecified atom stereocenters. The molecule has 2 aromatic rings. The van der Waals surface area contributed by atoms with Gasteiger partial charge in [-0.15, -0.1) is 5.10 Å². The summed E-state index contributed by atoms with van der Waals surface area (Å²) in [6.45, 7) is 4.96. The number of anilines is 1. The molecule has 0 spiro atoms. The molecular formula is C13H19N5O2. The summed E-state index contributed by atoms with van der Waals surface area (Å²) in [6.07, 6.45) is 0. The van der Waals surface area contributed by atoms with E-state index in [2.05, 4.69) is 15.2 Å². The van der Waals surface area contributed by atoms with Crippen LogP contribution in [0.25, 0.3) is 0 Å². The second kappa shape index (κ2) is 6.25. The summed E-state index contributed by atoms with van der Waals surface area (Å²) >= 11 is 0. The van der Waals surface area contributed by atoms with Crippen molar-refractivity contribution in [2.75, 3.05) is 18.9 Å². The number of hydrogen-bond acceptors (Lipinski definition) is 6. The first kappa shape index (κ1) is 14.1. The number of hydrogen-bond donors (Lipinski definition) is 3. The van der Waals surface area contributed by atoms with Gasteiger partial charge in [0.1, 0.15) is 5.82 Å². The number of nitrogen functional groups attached to an aromatic ring is 1. The third-order valence-corrected chi connectivity index (χ3v) is 2.74. The number of H-pyrrole nitrogens is 1. The van der Waals surface area contributed by atoms with Crippen LogP contribution in [0.4, 0.5) is 5.95 Å². The Morgan fingerprint density at radius 1 is 1.20 bits per heavy atom. The fourth-order valence-corrected chi connectivity index (χ4v) is 1.85. The summed E-state index contributed by atoms with van der Waals surface area (Å²) in [5, 5.41) is 6.49. The minimum Gasteiger partial charge on any atom is -0.490 e. The first-order chi connectivity index (χ1) is 9.65. The van der Waals surface area contributed by atoms with Crippen molar-refractivity contribution in [3.63, 3.8) is 0 Å². The van der Waals surface area contributed by atoms with E-state index in [1.54, 1.807) is 0 Å². The highest BCUT2D eigenvalue weighted by molar-refractivity contribution is 5.45. The molecule has 0 amide bonds. The van der Waals surface area contributed by atoms with Crippen molar-refractivity contribution in [3.8, 4) is 11.5 Å².